The number of hydrogen-bond donors (Lipinski definition) is 2. The minimum atomic E-state index is -3.71. The Morgan fingerprint density at radius 1 is 1.04 bits per heavy atom. The molecule has 0 saturated heterocycles. The van der Waals surface area contributed by atoms with Crippen molar-refractivity contribution in [3.63, 3.8) is 0 Å². The molecule has 3 aromatic rings. The van der Waals surface area contributed by atoms with Crippen LogP contribution < -0.4 is 10.0 Å². The van der Waals surface area contributed by atoms with Gasteiger partial charge in [0.15, 0.2) is 0 Å². The SMILES string of the molecule is CNC(=O)CCCc1ccc2cccc(NS(=O)(=O)c3ccc(C)cc3)c2n1. The summed E-state index contributed by atoms with van der Waals surface area (Å²) in [6.07, 6.45) is 1.75. The third kappa shape index (κ3) is 4.67. The molecule has 0 aliphatic heterocycles. The molecule has 2 aromatic carbocycles. The summed E-state index contributed by atoms with van der Waals surface area (Å²) in [5, 5.41) is 3.45. The fourth-order valence-corrected chi connectivity index (χ4v) is 3.95. The monoisotopic (exact) mass is 397 g/mol. The van der Waals surface area contributed by atoms with E-state index in [-0.39, 0.29) is 10.8 Å². The maximum atomic E-state index is 12.7. The summed E-state index contributed by atoms with van der Waals surface area (Å²) in [5.41, 5.74) is 2.84. The van der Waals surface area contributed by atoms with Crippen LogP contribution in [0.25, 0.3) is 10.9 Å². The van der Waals surface area contributed by atoms with Gasteiger partial charge in [-0.1, -0.05) is 35.9 Å². The highest BCUT2D eigenvalue weighted by Gasteiger charge is 2.16. The van der Waals surface area contributed by atoms with Crippen LogP contribution in [0.4, 0.5) is 5.69 Å². The fourth-order valence-electron chi connectivity index (χ4n) is 2.89. The molecule has 1 amide bonds. The van der Waals surface area contributed by atoms with Crippen molar-refractivity contribution in [1.29, 1.82) is 0 Å². The zero-order valence-corrected chi connectivity index (χ0v) is 16.7. The standard InChI is InChI=1S/C21H23N3O3S/c1-15-9-13-18(14-10-15)28(26,27)24-19-7-3-5-16-11-12-17(23-21(16)19)6-4-8-20(25)22-2/h3,5,7,9-14,24H,4,6,8H2,1-2H3,(H,22,25). The van der Waals surface area contributed by atoms with E-state index in [0.29, 0.717) is 30.5 Å². The third-order valence-corrected chi connectivity index (χ3v) is 5.85. The Hall–Kier alpha value is -2.93. The largest absolute Gasteiger partial charge is 0.359 e. The number of carbonyl (C=O) groups is 1. The third-order valence-electron chi connectivity index (χ3n) is 4.47. The van der Waals surface area contributed by atoms with Gasteiger partial charge in [-0.25, -0.2) is 8.42 Å². The molecule has 28 heavy (non-hydrogen) atoms. The van der Waals surface area contributed by atoms with Gasteiger partial charge in [0, 0.05) is 24.5 Å². The summed E-state index contributed by atoms with van der Waals surface area (Å²) in [7, 11) is -2.09. The van der Waals surface area contributed by atoms with Crippen molar-refractivity contribution in [1.82, 2.24) is 10.3 Å². The zero-order valence-electron chi connectivity index (χ0n) is 15.9. The average molecular weight is 398 g/mol. The van der Waals surface area contributed by atoms with E-state index < -0.39 is 10.0 Å². The smallest absolute Gasteiger partial charge is 0.261 e. The number of nitrogens with one attached hydrogen (secondary N) is 2. The van der Waals surface area contributed by atoms with E-state index in [1.165, 1.54) is 0 Å². The maximum Gasteiger partial charge on any atom is 0.261 e. The van der Waals surface area contributed by atoms with E-state index in [2.05, 4.69) is 15.0 Å². The Bertz CT molecular complexity index is 1090. The Morgan fingerprint density at radius 3 is 2.50 bits per heavy atom. The van der Waals surface area contributed by atoms with Gasteiger partial charge in [0.1, 0.15) is 0 Å². The van der Waals surface area contributed by atoms with Crippen molar-refractivity contribution in [3.8, 4) is 0 Å². The van der Waals surface area contributed by atoms with Crippen molar-refractivity contribution in [3.05, 3.63) is 65.9 Å². The van der Waals surface area contributed by atoms with Gasteiger partial charge < -0.3 is 5.32 Å². The Morgan fingerprint density at radius 2 is 1.79 bits per heavy atom. The summed E-state index contributed by atoms with van der Waals surface area (Å²) in [6.45, 7) is 1.91. The molecule has 0 aliphatic carbocycles. The number of nitrogens with zero attached hydrogens (tertiary/aromatic N) is 1. The first kappa shape index (κ1) is 19.8. The number of benzene rings is 2. The quantitative estimate of drug-likeness (QED) is 0.639. The topological polar surface area (TPSA) is 88.2 Å². The number of carbonyl (C=O) groups excluding carboxylic acids is 1. The van der Waals surface area contributed by atoms with Crippen molar-refractivity contribution < 1.29 is 13.2 Å². The van der Waals surface area contributed by atoms with Gasteiger partial charge in [-0.05, 0) is 44.0 Å². The molecule has 146 valence electrons. The van der Waals surface area contributed by atoms with Gasteiger partial charge in [0.05, 0.1) is 16.1 Å². The van der Waals surface area contributed by atoms with Gasteiger partial charge in [-0.3, -0.25) is 14.5 Å². The van der Waals surface area contributed by atoms with E-state index >= 15 is 0 Å². The summed E-state index contributed by atoms with van der Waals surface area (Å²) in [5.74, 6) is -0.00710. The number of sulfonamides is 1. The summed E-state index contributed by atoms with van der Waals surface area (Å²) < 4.78 is 28.1. The van der Waals surface area contributed by atoms with Crippen LogP contribution in [0.5, 0.6) is 0 Å². The van der Waals surface area contributed by atoms with Crippen LogP contribution >= 0.6 is 0 Å². The van der Waals surface area contributed by atoms with E-state index in [4.69, 9.17) is 0 Å². The van der Waals surface area contributed by atoms with Crippen molar-refractivity contribution in [2.75, 3.05) is 11.8 Å². The van der Waals surface area contributed by atoms with Crippen LogP contribution in [-0.4, -0.2) is 26.4 Å². The van der Waals surface area contributed by atoms with Gasteiger partial charge >= 0.3 is 0 Å². The Labute approximate surface area is 165 Å². The predicted molar refractivity (Wildman–Crippen MR) is 111 cm³/mol. The lowest BCUT2D eigenvalue weighted by Gasteiger charge is -2.11. The normalized spacial score (nSPS) is 11.4. The van der Waals surface area contributed by atoms with E-state index in [0.717, 1.165) is 16.6 Å². The summed E-state index contributed by atoms with van der Waals surface area (Å²) in [4.78, 5) is 16.2. The zero-order chi connectivity index (χ0) is 20.1. The van der Waals surface area contributed by atoms with E-state index in [1.807, 2.05) is 25.1 Å². The lowest BCUT2D eigenvalue weighted by Crippen LogP contribution is -2.17. The molecule has 0 radical (unpaired) electrons. The predicted octanol–water partition coefficient (Wildman–Crippen LogP) is 3.41. The summed E-state index contributed by atoms with van der Waals surface area (Å²) >= 11 is 0. The number of fused-ring (bicyclic) bond motifs is 1. The van der Waals surface area contributed by atoms with E-state index in [1.54, 1.807) is 43.4 Å². The highest BCUT2D eigenvalue weighted by molar-refractivity contribution is 7.92. The first-order chi connectivity index (χ1) is 13.4. The highest BCUT2D eigenvalue weighted by Crippen LogP contribution is 2.25. The minimum absolute atomic E-state index is 0.00710. The van der Waals surface area contributed by atoms with Crippen LogP contribution in [0, 0.1) is 6.92 Å². The van der Waals surface area contributed by atoms with Crippen LogP contribution in [0.1, 0.15) is 24.1 Å². The molecule has 0 unspecified atom stereocenters. The molecule has 2 N–H and O–H groups in total. The molecule has 7 heteroatoms. The molecule has 6 nitrogen and oxygen atoms in total. The number of amides is 1. The van der Waals surface area contributed by atoms with Gasteiger partial charge in [-0.2, -0.15) is 0 Å². The Kier molecular flexibility index (Phi) is 5.94. The van der Waals surface area contributed by atoms with Gasteiger partial charge in [0.25, 0.3) is 10.0 Å². The first-order valence-corrected chi connectivity index (χ1v) is 10.6. The van der Waals surface area contributed by atoms with Gasteiger partial charge in [-0.15, -0.1) is 0 Å². The van der Waals surface area contributed by atoms with Gasteiger partial charge in [0.2, 0.25) is 5.91 Å². The number of anilines is 1. The average Bonchev–Trinajstić information content (AvgIpc) is 2.68. The lowest BCUT2D eigenvalue weighted by molar-refractivity contribution is -0.120. The molecule has 3 rings (SSSR count). The number of pyridine rings is 1. The molecular formula is C21H23N3O3S. The van der Waals surface area contributed by atoms with Crippen LogP contribution in [-0.2, 0) is 21.2 Å². The van der Waals surface area contributed by atoms with E-state index in [9.17, 15) is 13.2 Å². The number of aryl methyl sites for hydroxylation is 2. The number of para-hydroxylation sites is 1. The van der Waals surface area contributed by atoms with Crippen molar-refractivity contribution in [2.24, 2.45) is 0 Å². The molecule has 0 saturated carbocycles. The second kappa shape index (κ2) is 8.39. The Balaban J connectivity index is 1.87. The van der Waals surface area contributed by atoms with Crippen LogP contribution in [0.2, 0.25) is 0 Å². The molecule has 1 aromatic heterocycles. The second-order valence-corrected chi connectivity index (χ2v) is 8.31. The summed E-state index contributed by atoms with van der Waals surface area (Å²) in [6, 6.07) is 15.9. The molecule has 0 bridgehead atoms. The molecular weight excluding hydrogens is 374 g/mol. The second-order valence-electron chi connectivity index (χ2n) is 6.63. The number of hydrogen-bond acceptors (Lipinski definition) is 4. The molecule has 0 atom stereocenters. The van der Waals surface area contributed by atoms with Crippen molar-refractivity contribution >= 4 is 32.5 Å². The first-order valence-electron chi connectivity index (χ1n) is 9.08. The molecule has 0 aliphatic rings. The van der Waals surface area contributed by atoms with Crippen LogP contribution in [0.15, 0.2) is 59.5 Å². The lowest BCUT2D eigenvalue weighted by atomic mass is 10.1. The van der Waals surface area contributed by atoms with Crippen LogP contribution in [0.3, 0.4) is 0 Å². The van der Waals surface area contributed by atoms with Crippen molar-refractivity contribution in [2.45, 2.75) is 31.1 Å². The number of aromatic nitrogens is 1. The molecule has 0 fully saturated rings. The molecule has 0 spiro atoms. The molecule has 1 heterocycles. The fraction of sp³-hybridized carbons (Fsp3) is 0.238. The minimum Gasteiger partial charge on any atom is -0.359 e. The highest BCUT2D eigenvalue weighted by atomic mass is 32.2. The maximum absolute atomic E-state index is 12.7. The number of rotatable bonds is 7.